The highest BCUT2D eigenvalue weighted by atomic mass is 17.0. The molecule has 0 radical (unpaired) electrons. The number of ether oxygens (including phenoxy) is 2. The molecule has 1 aliphatic heterocycles. The third-order valence-corrected chi connectivity index (χ3v) is 2.82. The number of methoxy groups -OCH3 is 1. The van der Waals surface area contributed by atoms with Crippen LogP contribution in [-0.4, -0.2) is 43.5 Å². The molecule has 0 N–H and O–H groups in total. The van der Waals surface area contributed by atoms with Gasteiger partial charge in [-0.15, -0.1) is 0 Å². The van der Waals surface area contributed by atoms with E-state index >= 15 is 0 Å². The summed E-state index contributed by atoms with van der Waals surface area (Å²) < 4.78 is 10.1. The highest BCUT2D eigenvalue weighted by Crippen LogP contribution is 2.36. The Morgan fingerprint density at radius 1 is 1.00 bits per heavy atom. The molecule has 0 amide bonds. The molecule has 1 rings (SSSR count). The van der Waals surface area contributed by atoms with Gasteiger partial charge in [-0.3, -0.25) is 9.68 Å². The molecule has 0 aromatic heterocycles. The third-order valence-electron chi connectivity index (χ3n) is 2.82. The summed E-state index contributed by atoms with van der Waals surface area (Å²) in [6.45, 7) is 8.88. The van der Waals surface area contributed by atoms with E-state index in [1.807, 2.05) is 27.7 Å². The molecule has 0 aromatic carbocycles. The van der Waals surface area contributed by atoms with Crippen molar-refractivity contribution >= 4 is 0 Å². The van der Waals surface area contributed by atoms with E-state index in [2.05, 4.69) is 11.8 Å². The summed E-state index contributed by atoms with van der Waals surface area (Å²) in [4.78, 5) is 11.2. The fourth-order valence-electron chi connectivity index (χ4n) is 1.15. The lowest BCUT2D eigenvalue weighted by Gasteiger charge is -2.27. The summed E-state index contributed by atoms with van der Waals surface area (Å²) >= 11 is 0. The predicted molar refractivity (Wildman–Crippen MR) is 62.6 cm³/mol. The maximum absolute atomic E-state index is 5.60. The molecule has 0 aromatic rings. The summed E-state index contributed by atoms with van der Waals surface area (Å²) in [6.07, 6.45) is 0. The summed E-state index contributed by atoms with van der Waals surface area (Å²) in [5.74, 6) is 5.61. The van der Waals surface area contributed by atoms with E-state index in [1.165, 1.54) is 5.23 Å². The Kier molecular flexibility index (Phi) is 4.92. The van der Waals surface area contributed by atoms with Gasteiger partial charge in [0.15, 0.2) is 6.73 Å². The van der Waals surface area contributed by atoms with Gasteiger partial charge >= 0.3 is 0 Å². The second kappa shape index (κ2) is 5.80. The van der Waals surface area contributed by atoms with E-state index in [-0.39, 0.29) is 17.9 Å². The molecule has 0 aliphatic carbocycles. The van der Waals surface area contributed by atoms with Gasteiger partial charge in [0.25, 0.3) is 0 Å². The molecule has 0 spiro atoms. The molecule has 1 fully saturated rings. The average Bonchev–Trinajstić information content (AvgIpc) is 2.41. The van der Waals surface area contributed by atoms with Crippen molar-refractivity contribution in [3.05, 3.63) is 0 Å². The van der Waals surface area contributed by atoms with Crippen LogP contribution in [0.5, 0.6) is 0 Å². The minimum absolute atomic E-state index is 0.231. The first-order valence-corrected chi connectivity index (χ1v) is 5.57. The van der Waals surface area contributed by atoms with E-state index in [0.717, 1.165) is 0 Å². The van der Waals surface area contributed by atoms with Crippen molar-refractivity contribution in [1.82, 2.24) is 5.23 Å². The molecule has 0 bridgehead atoms. The zero-order valence-corrected chi connectivity index (χ0v) is 11.2. The fourth-order valence-corrected chi connectivity index (χ4v) is 1.15. The lowest BCUT2D eigenvalue weighted by atomic mass is 9.90. The monoisotopic (exact) mass is 243 g/mol. The van der Waals surface area contributed by atoms with Crippen molar-refractivity contribution in [1.29, 1.82) is 0 Å². The molecule has 17 heavy (non-hydrogen) atoms. The van der Waals surface area contributed by atoms with Gasteiger partial charge in [-0.1, -0.05) is 11.8 Å². The van der Waals surface area contributed by atoms with Gasteiger partial charge in [0.2, 0.25) is 0 Å². The number of hydroxylamine groups is 2. The Morgan fingerprint density at radius 2 is 1.53 bits per heavy atom. The van der Waals surface area contributed by atoms with Crippen molar-refractivity contribution in [3.8, 4) is 11.8 Å². The Balaban J connectivity index is 2.25. The Hall–Kier alpha value is -0.640. The number of hydrogen-bond acceptors (Lipinski definition) is 5. The quantitative estimate of drug-likeness (QED) is 0.550. The molecular weight excluding hydrogens is 222 g/mol. The van der Waals surface area contributed by atoms with Crippen molar-refractivity contribution in [3.63, 3.8) is 0 Å². The van der Waals surface area contributed by atoms with Crippen molar-refractivity contribution < 1.29 is 19.1 Å². The SMILES string of the molecule is COCC#CCOCN1OC(C)(C)C(C)(C)O1. The number of rotatable bonds is 4. The zero-order chi connectivity index (χ0) is 12.9. The summed E-state index contributed by atoms with van der Waals surface area (Å²) in [7, 11) is 1.60. The van der Waals surface area contributed by atoms with Crippen molar-refractivity contribution in [2.75, 3.05) is 27.1 Å². The Bertz CT molecular complexity index is 287. The van der Waals surface area contributed by atoms with Crippen LogP contribution in [0.15, 0.2) is 0 Å². The predicted octanol–water partition coefficient (Wildman–Crippen LogP) is 1.35. The first kappa shape index (κ1) is 14.4. The van der Waals surface area contributed by atoms with E-state index in [1.54, 1.807) is 7.11 Å². The molecule has 0 saturated carbocycles. The molecule has 1 heterocycles. The Morgan fingerprint density at radius 3 is 2.06 bits per heavy atom. The molecule has 98 valence electrons. The van der Waals surface area contributed by atoms with E-state index in [4.69, 9.17) is 19.1 Å². The minimum Gasteiger partial charge on any atom is -0.372 e. The standard InChI is InChI=1S/C12H21NO4/c1-11(2)12(3,4)17-13(16-11)10-15-9-7-6-8-14-5/h8-10H2,1-5H3. The Labute approximate surface area is 103 Å². The van der Waals surface area contributed by atoms with Crippen LogP contribution in [0.4, 0.5) is 0 Å². The van der Waals surface area contributed by atoms with Crippen LogP contribution in [0.3, 0.4) is 0 Å². The van der Waals surface area contributed by atoms with Crippen molar-refractivity contribution in [2.24, 2.45) is 0 Å². The van der Waals surface area contributed by atoms with Crippen LogP contribution in [-0.2, 0) is 19.1 Å². The maximum atomic E-state index is 5.60. The van der Waals surface area contributed by atoms with Crippen LogP contribution < -0.4 is 0 Å². The summed E-state index contributed by atoms with van der Waals surface area (Å²) in [5, 5.41) is 1.36. The molecule has 0 unspecified atom stereocenters. The minimum atomic E-state index is -0.377. The summed E-state index contributed by atoms with van der Waals surface area (Å²) in [5.41, 5.74) is -0.754. The first-order valence-electron chi connectivity index (χ1n) is 5.57. The number of nitrogens with zero attached hydrogens (tertiary/aromatic N) is 1. The smallest absolute Gasteiger partial charge is 0.151 e. The van der Waals surface area contributed by atoms with Crippen LogP contribution in [0.2, 0.25) is 0 Å². The van der Waals surface area contributed by atoms with Crippen molar-refractivity contribution in [2.45, 2.75) is 38.9 Å². The molecular formula is C12H21NO4. The van der Waals surface area contributed by atoms with Crippen LogP contribution in [0.1, 0.15) is 27.7 Å². The van der Waals surface area contributed by atoms with Crippen LogP contribution in [0, 0.1) is 11.8 Å². The zero-order valence-electron chi connectivity index (χ0n) is 11.2. The summed E-state index contributed by atoms with van der Waals surface area (Å²) in [6, 6.07) is 0. The lowest BCUT2D eigenvalue weighted by molar-refractivity contribution is -0.357. The molecule has 5 nitrogen and oxygen atoms in total. The van der Waals surface area contributed by atoms with E-state index in [0.29, 0.717) is 13.2 Å². The van der Waals surface area contributed by atoms with Gasteiger partial charge < -0.3 is 9.47 Å². The first-order chi connectivity index (χ1) is 7.89. The third kappa shape index (κ3) is 3.95. The maximum Gasteiger partial charge on any atom is 0.151 e. The largest absolute Gasteiger partial charge is 0.372 e. The second-order valence-electron chi connectivity index (χ2n) is 4.80. The van der Waals surface area contributed by atoms with Gasteiger partial charge in [-0.25, -0.2) is 0 Å². The van der Waals surface area contributed by atoms with Gasteiger partial charge in [0.05, 0.1) is 0 Å². The fraction of sp³-hybridized carbons (Fsp3) is 0.833. The van der Waals surface area contributed by atoms with Gasteiger partial charge in [0, 0.05) is 7.11 Å². The molecule has 1 saturated heterocycles. The van der Waals surface area contributed by atoms with E-state index in [9.17, 15) is 0 Å². The van der Waals surface area contributed by atoms with Crippen LogP contribution >= 0.6 is 0 Å². The van der Waals surface area contributed by atoms with Crippen LogP contribution in [0.25, 0.3) is 0 Å². The normalized spacial score (nSPS) is 22.2. The van der Waals surface area contributed by atoms with Gasteiger partial charge in [-0.2, -0.15) is 0 Å². The van der Waals surface area contributed by atoms with E-state index < -0.39 is 0 Å². The van der Waals surface area contributed by atoms with Gasteiger partial charge in [0.1, 0.15) is 24.4 Å². The lowest BCUT2D eigenvalue weighted by Crippen LogP contribution is -2.41. The molecule has 5 heteroatoms. The topological polar surface area (TPSA) is 40.2 Å². The second-order valence-corrected chi connectivity index (χ2v) is 4.80. The number of hydrogen-bond donors (Lipinski definition) is 0. The highest BCUT2D eigenvalue weighted by molar-refractivity contribution is 4.99. The molecule has 0 atom stereocenters. The molecule has 1 aliphatic rings. The highest BCUT2D eigenvalue weighted by Gasteiger charge is 2.49. The van der Waals surface area contributed by atoms with Gasteiger partial charge in [-0.05, 0) is 32.9 Å². The average molecular weight is 243 g/mol.